The van der Waals surface area contributed by atoms with E-state index >= 15 is 0 Å². The van der Waals surface area contributed by atoms with Gasteiger partial charge < -0.3 is 0 Å². The third-order valence-electron chi connectivity index (χ3n) is 1.26. The van der Waals surface area contributed by atoms with Crippen LogP contribution in [0.1, 0.15) is 25.7 Å². The monoisotopic (exact) mass is 180 g/mol. The van der Waals surface area contributed by atoms with E-state index in [4.69, 9.17) is 23.2 Å². The first-order valence-corrected chi connectivity index (χ1v) is 4.75. The van der Waals surface area contributed by atoms with E-state index in [1.54, 1.807) is 0 Å². The second-order valence-electron chi connectivity index (χ2n) is 2.16. The summed E-state index contributed by atoms with van der Waals surface area (Å²) in [5, 5.41) is 0. The van der Waals surface area contributed by atoms with Crippen molar-refractivity contribution in [2.45, 2.75) is 25.7 Å². The second-order valence-corrected chi connectivity index (χ2v) is 2.85. The maximum absolute atomic E-state index is 5.50. The highest BCUT2D eigenvalue weighted by molar-refractivity contribution is 6.18. The number of allylic oxidation sites excluding steroid dienone is 2. The van der Waals surface area contributed by atoms with Crippen LogP contribution in [0.4, 0.5) is 0 Å². The summed E-state index contributed by atoms with van der Waals surface area (Å²) in [6.45, 7) is 0. The van der Waals surface area contributed by atoms with Crippen LogP contribution in [0.25, 0.3) is 0 Å². The number of hydrogen-bond acceptors (Lipinski definition) is 0. The number of halogens is 2. The molecule has 0 radical (unpaired) electrons. The Morgan fingerprint density at radius 2 is 1.70 bits per heavy atom. The molecule has 0 aromatic carbocycles. The van der Waals surface area contributed by atoms with E-state index in [-0.39, 0.29) is 0 Å². The standard InChI is InChI=1S/C8H14Cl2/c9-7-5-3-1-2-4-6-8-10/h3,5H,1-2,4,6-8H2/b5-3+. The molecule has 0 heterocycles. The van der Waals surface area contributed by atoms with Gasteiger partial charge in [-0.2, -0.15) is 0 Å². The summed E-state index contributed by atoms with van der Waals surface area (Å²) in [4.78, 5) is 0. The Kier molecular flexibility index (Phi) is 9.62. The zero-order chi connectivity index (χ0) is 7.66. The van der Waals surface area contributed by atoms with Crippen molar-refractivity contribution < 1.29 is 0 Å². The molecule has 0 atom stereocenters. The van der Waals surface area contributed by atoms with Gasteiger partial charge in [-0.15, -0.1) is 23.2 Å². The van der Waals surface area contributed by atoms with E-state index in [0.717, 1.165) is 18.7 Å². The average molecular weight is 181 g/mol. The Hall–Kier alpha value is 0.320. The van der Waals surface area contributed by atoms with Crippen molar-refractivity contribution in [3.05, 3.63) is 12.2 Å². The van der Waals surface area contributed by atoms with Crippen molar-refractivity contribution in [2.75, 3.05) is 11.8 Å². The molecule has 0 aliphatic rings. The van der Waals surface area contributed by atoms with E-state index in [2.05, 4.69) is 6.08 Å². The van der Waals surface area contributed by atoms with Crippen LogP contribution >= 0.6 is 23.2 Å². The minimum atomic E-state index is 0.634. The van der Waals surface area contributed by atoms with Crippen LogP contribution in [-0.4, -0.2) is 11.8 Å². The van der Waals surface area contributed by atoms with E-state index < -0.39 is 0 Å². The molecule has 60 valence electrons. The van der Waals surface area contributed by atoms with Gasteiger partial charge in [-0.1, -0.05) is 18.6 Å². The SMILES string of the molecule is ClC/C=C/CCCCCCl. The van der Waals surface area contributed by atoms with Crippen LogP contribution in [0.5, 0.6) is 0 Å². The average Bonchev–Trinajstić information content (AvgIpc) is 1.97. The van der Waals surface area contributed by atoms with Crippen molar-refractivity contribution >= 4 is 23.2 Å². The smallest absolute Gasteiger partial charge is 0.0404 e. The highest BCUT2D eigenvalue weighted by Gasteiger charge is 1.83. The fraction of sp³-hybridized carbons (Fsp3) is 0.750. The molecule has 0 aliphatic heterocycles. The van der Waals surface area contributed by atoms with Gasteiger partial charge in [0.1, 0.15) is 0 Å². The van der Waals surface area contributed by atoms with Crippen LogP contribution in [0.15, 0.2) is 12.2 Å². The van der Waals surface area contributed by atoms with Crippen LogP contribution in [-0.2, 0) is 0 Å². The molecule has 0 rings (SSSR count). The molecule has 0 nitrogen and oxygen atoms in total. The van der Waals surface area contributed by atoms with Crippen LogP contribution < -0.4 is 0 Å². The van der Waals surface area contributed by atoms with Gasteiger partial charge in [0.25, 0.3) is 0 Å². The molecule has 2 heteroatoms. The third-order valence-corrected chi connectivity index (χ3v) is 1.71. The first kappa shape index (κ1) is 10.3. The summed E-state index contributed by atoms with van der Waals surface area (Å²) < 4.78 is 0. The van der Waals surface area contributed by atoms with Gasteiger partial charge in [-0.05, 0) is 19.3 Å². The van der Waals surface area contributed by atoms with Crippen molar-refractivity contribution in [1.82, 2.24) is 0 Å². The summed E-state index contributed by atoms with van der Waals surface area (Å²) in [5.41, 5.74) is 0. The third kappa shape index (κ3) is 8.32. The Morgan fingerprint density at radius 3 is 2.30 bits per heavy atom. The summed E-state index contributed by atoms with van der Waals surface area (Å²) in [7, 11) is 0. The lowest BCUT2D eigenvalue weighted by atomic mass is 10.2. The Balaban J connectivity index is 2.83. The van der Waals surface area contributed by atoms with Gasteiger partial charge in [0, 0.05) is 11.8 Å². The Morgan fingerprint density at radius 1 is 0.900 bits per heavy atom. The van der Waals surface area contributed by atoms with E-state index in [1.165, 1.54) is 12.8 Å². The van der Waals surface area contributed by atoms with Gasteiger partial charge in [0.15, 0.2) is 0 Å². The maximum Gasteiger partial charge on any atom is 0.0404 e. The molecule has 10 heavy (non-hydrogen) atoms. The fourth-order valence-corrected chi connectivity index (χ4v) is 1.03. The molecule has 0 aromatic rings. The van der Waals surface area contributed by atoms with Crippen LogP contribution in [0, 0.1) is 0 Å². The summed E-state index contributed by atoms with van der Waals surface area (Å²) in [6, 6.07) is 0. The fourth-order valence-electron chi connectivity index (χ4n) is 0.714. The minimum Gasteiger partial charge on any atom is -0.127 e. The van der Waals surface area contributed by atoms with Crippen molar-refractivity contribution in [3.8, 4) is 0 Å². The van der Waals surface area contributed by atoms with Gasteiger partial charge >= 0.3 is 0 Å². The molecule has 0 aromatic heterocycles. The lowest BCUT2D eigenvalue weighted by molar-refractivity contribution is 0.732. The highest BCUT2D eigenvalue weighted by atomic mass is 35.5. The molecule has 0 unspecified atom stereocenters. The first-order valence-electron chi connectivity index (χ1n) is 3.68. The lowest BCUT2D eigenvalue weighted by Gasteiger charge is -1.92. The highest BCUT2D eigenvalue weighted by Crippen LogP contribution is 2.01. The van der Waals surface area contributed by atoms with Gasteiger partial charge in [-0.25, -0.2) is 0 Å². The minimum absolute atomic E-state index is 0.634. The van der Waals surface area contributed by atoms with Crippen LogP contribution in [0.3, 0.4) is 0 Å². The normalized spacial score (nSPS) is 11.0. The molecular weight excluding hydrogens is 167 g/mol. The maximum atomic E-state index is 5.50. The van der Waals surface area contributed by atoms with Crippen molar-refractivity contribution in [3.63, 3.8) is 0 Å². The number of rotatable bonds is 6. The van der Waals surface area contributed by atoms with E-state index in [9.17, 15) is 0 Å². The quantitative estimate of drug-likeness (QED) is 0.333. The van der Waals surface area contributed by atoms with Gasteiger partial charge in [0.2, 0.25) is 0 Å². The molecule has 0 saturated heterocycles. The van der Waals surface area contributed by atoms with Crippen molar-refractivity contribution in [2.24, 2.45) is 0 Å². The summed E-state index contributed by atoms with van der Waals surface area (Å²) >= 11 is 10.9. The molecule has 0 spiro atoms. The molecule has 0 N–H and O–H groups in total. The second kappa shape index (κ2) is 9.32. The van der Waals surface area contributed by atoms with Crippen LogP contribution in [0.2, 0.25) is 0 Å². The van der Waals surface area contributed by atoms with E-state index in [1.807, 2.05) is 6.08 Å². The van der Waals surface area contributed by atoms with Gasteiger partial charge in [-0.3, -0.25) is 0 Å². The molecule has 0 aliphatic carbocycles. The summed E-state index contributed by atoms with van der Waals surface area (Å²) in [5.74, 6) is 1.43. The predicted molar refractivity (Wildman–Crippen MR) is 49.0 cm³/mol. The number of hydrogen-bond donors (Lipinski definition) is 0. The zero-order valence-electron chi connectivity index (χ0n) is 6.15. The zero-order valence-corrected chi connectivity index (χ0v) is 7.67. The molecule has 0 bridgehead atoms. The largest absolute Gasteiger partial charge is 0.127 e. The molecule has 0 amide bonds. The number of alkyl halides is 2. The Labute approximate surface area is 73.2 Å². The number of unbranched alkanes of at least 4 members (excludes halogenated alkanes) is 3. The van der Waals surface area contributed by atoms with Gasteiger partial charge in [0.05, 0.1) is 0 Å². The van der Waals surface area contributed by atoms with Crippen molar-refractivity contribution in [1.29, 1.82) is 0 Å². The molecule has 0 saturated carbocycles. The Bertz CT molecular complexity index is 79.3. The molecular formula is C8H14Cl2. The van der Waals surface area contributed by atoms with E-state index in [0.29, 0.717) is 5.88 Å². The first-order chi connectivity index (χ1) is 4.91. The predicted octanol–water partition coefficient (Wildman–Crippen LogP) is 3.58. The molecule has 0 fully saturated rings. The topological polar surface area (TPSA) is 0 Å². The summed E-state index contributed by atoms with van der Waals surface area (Å²) in [6.07, 6.45) is 8.86. The lowest BCUT2D eigenvalue weighted by Crippen LogP contribution is -1.76.